The Morgan fingerprint density at radius 2 is 1.77 bits per heavy atom. The summed E-state index contributed by atoms with van der Waals surface area (Å²) in [4.78, 5) is 42.7. The number of hydrogen-bond acceptors (Lipinski definition) is 9. The van der Waals surface area contributed by atoms with Crippen molar-refractivity contribution in [3.05, 3.63) is 48.0 Å². The Labute approximate surface area is 237 Å². The molecule has 0 aromatic carbocycles. The molecule has 0 spiro atoms. The number of aliphatic hydroxyl groups is 2. The maximum Gasteiger partial charge on any atom is 0.309 e. The predicted molar refractivity (Wildman–Crippen MR) is 149 cm³/mol. The van der Waals surface area contributed by atoms with Crippen molar-refractivity contribution >= 4 is 41.3 Å². The van der Waals surface area contributed by atoms with Crippen molar-refractivity contribution < 1.29 is 34.1 Å². The number of ether oxygens (including phenoxy) is 2. The summed E-state index contributed by atoms with van der Waals surface area (Å²) in [6.07, 6.45) is 14.5. The maximum absolute atomic E-state index is 14.6. The molecule has 1 aliphatic carbocycles. The quantitative estimate of drug-likeness (QED) is 0.316. The van der Waals surface area contributed by atoms with Gasteiger partial charge < -0.3 is 29.5 Å². The van der Waals surface area contributed by atoms with E-state index in [-0.39, 0.29) is 24.7 Å². The number of carbonyl (C=O) groups is 3. The highest BCUT2D eigenvalue weighted by atomic mass is 32.2. The van der Waals surface area contributed by atoms with E-state index in [1.165, 1.54) is 36.0 Å². The van der Waals surface area contributed by atoms with Gasteiger partial charge >= 0.3 is 5.97 Å². The summed E-state index contributed by atoms with van der Waals surface area (Å²) in [7, 11) is 0. The first kappa shape index (κ1) is 28.3. The second kappa shape index (κ2) is 11.0. The highest BCUT2D eigenvalue weighted by Gasteiger charge is 2.72. The molecule has 4 aliphatic heterocycles. The molecule has 4 heterocycles. The van der Waals surface area contributed by atoms with E-state index in [4.69, 9.17) is 9.47 Å². The van der Waals surface area contributed by atoms with Crippen molar-refractivity contribution in [2.24, 2.45) is 0 Å². The SMILES string of the molecule is CCCCCC(O)CC(=O)OC1C=COC=C2CC3(SC)C(=O)N4C5C(=CC=CC5O)CC4(SC)C(=O)N3C21. The summed E-state index contributed by atoms with van der Waals surface area (Å²) < 4.78 is 11.4. The lowest BCUT2D eigenvalue weighted by Gasteiger charge is -2.54. The Bertz CT molecular complexity index is 1150. The average Bonchev–Trinajstić information content (AvgIpc) is 3.38. The molecule has 0 aromatic heterocycles. The summed E-state index contributed by atoms with van der Waals surface area (Å²) in [6, 6.07) is -1.34. The molecule has 5 rings (SSSR count). The minimum absolute atomic E-state index is 0.148. The summed E-state index contributed by atoms with van der Waals surface area (Å²) in [5.74, 6) is -1.07. The van der Waals surface area contributed by atoms with Gasteiger partial charge in [0.1, 0.15) is 6.10 Å². The van der Waals surface area contributed by atoms with Gasteiger partial charge in [-0.25, -0.2) is 0 Å². The number of nitrogens with zero attached hydrogens (tertiary/aromatic N) is 2. The third-order valence-electron chi connectivity index (χ3n) is 8.39. The Morgan fingerprint density at radius 1 is 1.10 bits per heavy atom. The molecule has 7 atom stereocenters. The zero-order chi connectivity index (χ0) is 27.9. The molecule has 2 amide bonds. The number of amides is 2. The second-order valence-electron chi connectivity index (χ2n) is 10.7. The van der Waals surface area contributed by atoms with E-state index in [1.807, 2.05) is 12.3 Å². The maximum atomic E-state index is 14.6. The molecule has 9 nitrogen and oxygen atoms in total. The van der Waals surface area contributed by atoms with Gasteiger partial charge in [-0.3, -0.25) is 14.4 Å². The molecule has 39 heavy (non-hydrogen) atoms. The van der Waals surface area contributed by atoms with E-state index >= 15 is 0 Å². The van der Waals surface area contributed by atoms with Gasteiger partial charge in [-0.1, -0.05) is 44.4 Å². The molecular formula is C28H36N2O7S2. The number of thioether (sulfide) groups is 2. The van der Waals surface area contributed by atoms with Crippen LogP contribution in [0.15, 0.2) is 48.0 Å². The minimum atomic E-state index is -1.28. The van der Waals surface area contributed by atoms with Gasteiger partial charge in [0.2, 0.25) is 0 Å². The smallest absolute Gasteiger partial charge is 0.309 e. The molecule has 0 bridgehead atoms. The average molecular weight is 577 g/mol. The Balaban J connectivity index is 1.48. The fourth-order valence-corrected chi connectivity index (χ4v) is 8.48. The number of rotatable bonds is 9. The highest BCUT2D eigenvalue weighted by molar-refractivity contribution is 8.01. The molecule has 0 aromatic rings. The number of esters is 1. The summed E-state index contributed by atoms with van der Waals surface area (Å²) >= 11 is 2.57. The van der Waals surface area contributed by atoms with Crippen LogP contribution in [0, 0.1) is 0 Å². The van der Waals surface area contributed by atoms with Crippen LogP contribution in [-0.2, 0) is 23.9 Å². The third-order valence-corrected chi connectivity index (χ3v) is 10.8. The number of unbranched alkanes of at least 4 members (excludes halogenated alkanes) is 2. The zero-order valence-electron chi connectivity index (χ0n) is 22.4. The van der Waals surface area contributed by atoms with Crippen LogP contribution in [0.3, 0.4) is 0 Å². The van der Waals surface area contributed by atoms with Crippen LogP contribution in [0.5, 0.6) is 0 Å². The number of hydrogen-bond donors (Lipinski definition) is 2. The van der Waals surface area contributed by atoms with Gasteiger partial charge in [0, 0.05) is 12.8 Å². The first-order valence-corrected chi connectivity index (χ1v) is 15.9. The van der Waals surface area contributed by atoms with Crippen LogP contribution in [0.4, 0.5) is 0 Å². The molecule has 3 fully saturated rings. The van der Waals surface area contributed by atoms with Crippen molar-refractivity contribution in [3.63, 3.8) is 0 Å². The molecule has 0 saturated carbocycles. The van der Waals surface area contributed by atoms with E-state index in [2.05, 4.69) is 6.92 Å². The Hall–Kier alpha value is -2.21. The molecule has 212 valence electrons. The van der Waals surface area contributed by atoms with E-state index in [0.29, 0.717) is 18.4 Å². The lowest BCUT2D eigenvalue weighted by molar-refractivity contribution is -0.170. The Morgan fingerprint density at radius 3 is 2.44 bits per heavy atom. The van der Waals surface area contributed by atoms with E-state index in [1.54, 1.807) is 34.3 Å². The van der Waals surface area contributed by atoms with Gasteiger partial charge in [-0.05, 0) is 36.2 Å². The normalized spacial score (nSPS) is 35.3. The van der Waals surface area contributed by atoms with Gasteiger partial charge in [0.15, 0.2) is 9.74 Å². The van der Waals surface area contributed by atoms with Gasteiger partial charge in [-0.2, -0.15) is 0 Å². The first-order valence-electron chi connectivity index (χ1n) is 13.5. The molecule has 11 heteroatoms. The van der Waals surface area contributed by atoms with Crippen LogP contribution in [0.25, 0.3) is 0 Å². The van der Waals surface area contributed by atoms with Crippen LogP contribution in [0.1, 0.15) is 51.9 Å². The largest absolute Gasteiger partial charge is 0.473 e. The molecule has 2 N–H and O–H groups in total. The fourth-order valence-electron chi connectivity index (χ4n) is 6.52. The van der Waals surface area contributed by atoms with E-state index in [9.17, 15) is 24.6 Å². The predicted octanol–water partition coefficient (Wildman–Crippen LogP) is 2.85. The standard InChI is InChI=1S/C28H36N2O7S2/c1-4-5-6-9-19(31)13-22(33)37-21-11-12-36-16-18-15-28(39-3)25(34)29-23-17(8-7-10-20(23)32)14-27(29,38-2)26(35)30(28)24(18)21/h7-8,10-12,16,19-21,23-24,31-32H,4-6,9,13-15H2,1-3H3. The van der Waals surface area contributed by atoms with Crippen LogP contribution in [-0.4, -0.2) is 90.4 Å². The van der Waals surface area contributed by atoms with Crippen molar-refractivity contribution in [1.29, 1.82) is 0 Å². The molecule has 5 aliphatic rings. The topological polar surface area (TPSA) is 117 Å². The van der Waals surface area contributed by atoms with Crippen molar-refractivity contribution in [3.8, 4) is 0 Å². The van der Waals surface area contributed by atoms with Gasteiger partial charge in [0.05, 0.1) is 43.2 Å². The number of fused-ring (bicyclic) bond motifs is 6. The van der Waals surface area contributed by atoms with Gasteiger partial charge in [0.25, 0.3) is 11.8 Å². The van der Waals surface area contributed by atoms with E-state index in [0.717, 1.165) is 24.8 Å². The highest BCUT2D eigenvalue weighted by Crippen LogP contribution is 2.59. The van der Waals surface area contributed by atoms with Crippen molar-refractivity contribution in [1.82, 2.24) is 9.80 Å². The zero-order valence-corrected chi connectivity index (χ0v) is 24.1. The monoisotopic (exact) mass is 576 g/mol. The Kier molecular flexibility index (Phi) is 7.98. The number of piperazine rings is 1. The molecule has 3 saturated heterocycles. The van der Waals surface area contributed by atoms with Crippen molar-refractivity contribution in [2.75, 3.05) is 12.5 Å². The van der Waals surface area contributed by atoms with Crippen LogP contribution < -0.4 is 0 Å². The van der Waals surface area contributed by atoms with Crippen molar-refractivity contribution in [2.45, 2.75) is 92.0 Å². The summed E-state index contributed by atoms with van der Waals surface area (Å²) in [5, 5.41) is 21.2. The lowest BCUT2D eigenvalue weighted by atomic mass is 9.96. The molecule has 0 radical (unpaired) electrons. The van der Waals surface area contributed by atoms with Crippen LogP contribution >= 0.6 is 23.5 Å². The second-order valence-corrected chi connectivity index (χ2v) is 12.8. The van der Waals surface area contributed by atoms with Gasteiger partial charge in [-0.15, -0.1) is 23.5 Å². The number of aliphatic hydroxyl groups excluding tert-OH is 2. The first-order chi connectivity index (χ1) is 18.7. The third kappa shape index (κ3) is 4.45. The lowest BCUT2D eigenvalue weighted by Crippen LogP contribution is -2.74. The number of carbonyl (C=O) groups excluding carboxylic acids is 3. The minimum Gasteiger partial charge on any atom is -0.473 e. The molecule has 7 unspecified atom stereocenters. The summed E-state index contributed by atoms with van der Waals surface area (Å²) in [6.45, 7) is 2.07. The fraction of sp³-hybridized carbons (Fsp3) is 0.607. The van der Waals surface area contributed by atoms with E-state index < -0.39 is 46.1 Å². The van der Waals surface area contributed by atoms with Crippen LogP contribution in [0.2, 0.25) is 0 Å². The number of allylic oxidation sites excluding steroid dienone is 2. The molecular weight excluding hydrogens is 540 g/mol. The summed E-state index contributed by atoms with van der Waals surface area (Å²) in [5.41, 5.74) is 1.52.